The first-order valence-corrected chi connectivity index (χ1v) is 6.62. The number of rotatable bonds is 5. The maximum absolute atomic E-state index is 12.3. The maximum atomic E-state index is 12.3. The fourth-order valence-electron chi connectivity index (χ4n) is 1.93. The van der Waals surface area contributed by atoms with Crippen molar-refractivity contribution in [2.75, 3.05) is 11.9 Å². The standard InChI is InChI=1S/C14H19N5O/c1-4-15-13-5-9(2)16-8-12(13)14(20)19-10(3)11-6-17-18-7-11/h5-8,10H,4H2,1-3H3,(H,15,16)(H,17,18)(H,19,20). The molecule has 0 fully saturated rings. The zero-order valence-corrected chi connectivity index (χ0v) is 11.9. The molecule has 0 radical (unpaired) electrons. The Morgan fingerprint density at radius 2 is 2.25 bits per heavy atom. The van der Waals surface area contributed by atoms with Gasteiger partial charge in [0.2, 0.25) is 0 Å². The SMILES string of the molecule is CCNc1cc(C)ncc1C(=O)NC(C)c1cn[nH]c1. The molecule has 0 aliphatic carbocycles. The smallest absolute Gasteiger partial charge is 0.255 e. The maximum Gasteiger partial charge on any atom is 0.255 e. The highest BCUT2D eigenvalue weighted by Gasteiger charge is 2.15. The zero-order chi connectivity index (χ0) is 14.5. The Kier molecular flexibility index (Phi) is 4.34. The zero-order valence-electron chi connectivity index (χ0n) is 11.9. The summed E-state index contributed by atoms with van der Waals surface area (Å²) in [4.78, 5) is 16.5. The molecule has 0 aromatic carbocycles. The van der Waals surface area contributed by atoms with Crippen LogP contribution in [-0.4, -0.2) is 27.6 Å². The first kappa shape index (κ1) is 14.0. The van der Waals surface area contributed by atoms with E-state index in [9.17, 15) is 4.79 Å². The van der Waals surface area contributed by atoms with Crippen LogP contribution in [0.5, 0.6) is 0 Å². The summed E-state index contributed by atoms with van der Waals surface area (Å²) in [5, 5.41) is 12.7. The number of amides is 1. The molecule has 2 heterocycles. The molecule has 0 aliphatic heterocycles. The minimum absolute atomic E-state index is 0.114. The topological polar surface area (TPSA) is 82.7 Å². The Morgan fingerprint density at radius 3 is 2.90 bits per heavy atom. The van der Waals surface area contributed by atoms with Gasteiger partial charge in [0.15, 0.2) is 0 Å². The van der Waals surface area contributed by atoms with Gasteiger partial charge >= 0.3 is 0 Å². The lowest BCUT2D eigenvalue weighted by atomic mass is 10.1. The van der Waals surface area contributed by atoms with Gasteiger partial charge in [-0.1, -0.05) is 0 Å². The van der Waals surface area contributed by atoms with E-state index >= 15 is 0 Å². The van der Waals surface area contributed by atoms with Crippen LogP contribution in [0.4, 0.5) is 5.69 Å². The molecule has 0 aliphatic rings. The summed E-state index contributed by atoms with van der Waals surface area (Å²) >= 11 is 0. The number of aromatic nitrogens is 3. The van der Waals surface area contributed by atoms with E-state index in [1.165, 1.54) is 0 Å². The summed E-state index contributed by atoms with van der Waals surface area (Å²) in [6.45, 7) is 6.56. The number of carbonyl (C=O) groups is 1. The van der Waals surface area contributed by atoms with E-state index in [1.807, 2.05) is 26.8 Å². The summed E-state index contributed by atoms with van der Waals surface area (Å²) in [7, 11) is 0. The largest absolute Gasteiger partial charge is 0.385 e. The molecule has 20 heavy (non-hydrogen) atoms. The molecular weight excluding hydrogens is 254 g/mol. The molecule has 2 aromatic heterocycles. The minimum Gasteiger partial charge on any atom is -0.385 e. The Balaban J connectivity index is 2.16. The van der Waals surface area contributed by atoms with Gasteiger partial charge in [0.25, 0.3) is 5.91 Å². The minimum atomic E-state index is -0.151. The van der Waals surface area contributed by atoms with Crippen LogP contribution >= 0.6 is 0 Å². The summed E-state index contributed by atoms with van der Waals surface area (Å²) in [6, 6.07) is 1.76. The fraction of sp³-hybridized carbons (Fsp3) is 0.357. The van der Waals surface area contributed by atoms with E-state index in [0.717, 1.165) is 23.5 Å². The van der Waals surface area contributed by atoms with Gasteiger partial charge in [0, 0.05) is 30.2 Å². The van der Waals surface area contributed by atoms with Crippen LogP contribution in [0.3, 0.4) is 0 Å². The summed E-state index contributed by atoms with van der Waals surface area (Å²) < 4.78 is 0. The quantitative estimate of drug-likeness (QED) is 0.778. The molecule has 2 aromatic rings. The average Bonchev–Trinajstić information content (AvgIpc) is 2.93. The van der Waals surface area contributed by atoms with Crippen molar-refractivity contribution >= 4 is 11.6 Å². The molecule has 6 nitrogen and oxygen atoms in total. The number of H-pyrrole nitrogens is 1. The van der Waals surface area contributed by atoms with Crippen molar-refractivity contribution in [3.63, 3.8) is 0 Å². The molecule has 0 bridgehead atoms. The molecule has 0 saturated heterocycles. The Morgan fingerprint density at radius 1 is 1.45 bits per heavy atom. The highest BCUT2D eigenvalue weighted by Crippen LogP contribution is 2.17. The summed E-state index contributed by atoms with van der Waals surface area (Å²) in [6.07, 6.45) is 5.07. The predicted molar refractivity (Wildman–Crippen MR) is 77.6 cm³/mol. The lowest BCUT2D eigenvalue weighted by molar-refractivity contribution is 0.0940. The molecule has 106 valence electrons. The van der Waals surface area contributed by atoms with Crippen molar-refractivity contribution in [3.05, 3.63) is 41.5 Å². The van der Waals surface area contributed by atoms with E-state index < -0.39 is 0 Å². The van der Waals surface area contributed by atoms with E-state index in [2.05, 4.69) is 25.8 Å². The molecule has 3 N–H and O–H groups in total. The first-order valence-electron chi connectivity index (χ1n) is 6.62. The van der Waals surface area contributed by atoms with Crippen molar-refractivity contribution in [1.82, 2.24) is 20.5 Å². The monoisotopic (exact) mass is 273 g/mol. The summed E-state index contributed by atoms with van der Waals surface area (Å²) in [5.74, 6) is -0.151. The number of hydrogen-bond acceptors (Lipinski definition) is 4. The van der Waals surface area contributed by atoms with Crippen molar-refractivity contribution in [2.24, 2.45) is 0 Å². The van der Waals surface area contributed by atoms with Gasteiger partial charge in [-0.05, 0) is 26.8 Å². The summed E-state index contributed by atoms with van der Waals surface area (Å²) in [5.41, 5.74) is 3.16. The third kappa shape index (κ3) is 3.14. The van der Waals surface area contributed by atoms with E-state index in [1.54, 1.807) is 18.6 Å². The lowest BCUT2D eigenvalue weighted by Gasteiger charge is -2.15. The van der Waals surface area contributed by atoms with Crippen LogP contribution in [0.15, 0.2) is 24.7 Å². The van der Waals surface area contributed by atoms with Crippen molar-refractivity contribution < 1.29 is 4.79 Å². The molecule has 0 spiro atoms. The van der Waals surface area contributed by atoms with Gasteiger partial charge < -0.3 is 10.6 Å². The number of pyridine rings is 1. The first-order chi connectivity index (χ1) is 9.61. The van der Waals surface area contributed by atoms with Crippen LogP contribution < -0.4 is 10.6 Å². The second kappa shape index (κ2) is 6.18. The van der Waals surface area contributed by atoms with Gasteiger partial charge in [-0.25, -0.2) is 0 Å². The van der Waals surface area contributed by atoms with Crippen molar-refractivity contribution in [2.45, 2.75) is 26.8 Å². The second-order valence-corrected chi connectivity index (χ2v) is 4.63. The number of anilines is 1. The van der Waals surface area contributed by atoms with E-state index in [-0.39, 0.29) is 11.9 Å². The highest BCUT2D eigenvalue weighted by molar-refractivity contribution is 5.99. The van der Waals surface area contributed by atoms with Crippen LogP contribution in [0, 0.1) is 6.92 Å². The van der Waals surface area contributed by atoms with Gasteiger partial charge in [0.05, 0.1) is 23.5 Å². The molecular formula is C14H19N5O. The van der Waals surface area contributed by atoms with Crippen molar-refractivity contribution in [3.8, 4) is 0 Å². The van der Waals surface area contributed by atoms with Gasteiger partial charge in [-0.2, -0.15) is 5.10 Å². The lowest BCUT2D eigenvalue weighted by Crippen LogP contribution is -2.27. The highest BCUT2D eigenvalue weighted by atomic mass is 16.1. The number of aryl methyl sites for hydroxylation is 1. The third-order valence-corrected chi connectivity index (χ3v) is 3.02. The third-order valence-electron chi connectivity index (χ3n) is 3.02. The fourth-order valence-corrected chi connectivity index (χ4v) is 1.93. The molecule has 1 unspecified atom stereocenters. The Hall–Kier alpha value is -2.37. The molecule has 6 heteroatoms. The molecule has 1 atom stereocenters. The van der Waals surface area contributed by atoms with Crippen LogP contribution in [-0.2, 0) is 0 Å². The average molecular weight is 273 g/mol. The van der Waals surface area contributed by atoms with E-state index in [0.29, 0.717) is 5.56 Å². The van der Waals surface area contributed by atoms with E-state index in [4.69, 9.17) is 0 Å². The molecule has 0 saturated carbocycles. The Labute approximate surface area is 118 Å². The van der Waals surface area contributed by atoms with Crippen LogP contribution in [0.1, 0.15) is 41.5 Å². The molecule has 1 amide bonds. The number of nitrogens with one attached hydrogen (secondary N) is 3. The molecule has 2 rings (SSSR count). The van der Waals surface area contributed by atoms with Gasteiger partial charge in [-0.15, -0.1) is 0 Å². The van der Waals surface area contributed by atoms with Crippen LogP contribution in [0.25, 0.3) is 0 Å². The number of nitrogens with zero attached hydrogens (tertiary/aromatic N) is 2. The predicted octanol–water partition coefficient (Wildman–Crippen LogP) is 2.04. The van der Waals surface area contributed by atoms with Crippen molar-refractivity contribution in [1.29, 1.82) is 0 Å². The number of carbonyl (C=O) groups excluding carboxylic acids is 1. The number of aromatic amines is 1. The Bertz CT molecular complexity index is 579. The normalized spacial score (nSPS) is 11.9. The van der Waals surface area contributed by atoms with Gasteiger partial charge in [-0.3, -0.25) is 14.9 Å². The number of hydrogen-bond donors (Lipinski definition) is 3. The van der Waals surface area contributed by atoms with Gasteiger partial charge in [0.1, 0.15) is 0 Å². The second-order valence-electron chi connectivity index (χ2n) is 4.63. The van der Waals surface area contributed by atoms with Crippen LogP contribution in [0.2, 0.25) is 0 Å².